The van der Waals surface area contributed by atoms with Gasteiger partial charge in [-0.3, -0.25) is 9.59 Å². The molecule has 0 spiro atoms. The molecule has 1 aliphatic carbocycles. The van der Waals surface area contributed by atoms with E-state index in [0.29, 0.717) is 32.0 Å². The highest BCUT2D eigenvalue weighted by atomic mass is 19.4. The molecular formula is C22H29F3N2O3. The van der Waals surface area contributed by atoms with E-state index in [1.807, 2.05) is 11.8 Å². The van der Waals surface area contributed by atoms with Gasteiger partial charge in [-0.2, -0.15) is 0 Å². The Morgan fingerprint density at radius 3 is 2.53 bits per heavy atom. The molecule has 0 aromatic heterocycles. The molecule has 5 nitrogen and oxygen atoms in total. The van der Waals surface area contributed by atoms with Crippen molar-refractivity contribution in [3.05, 3.63) is 29.8 Å². The molecule has 2 fully saturated rings. The van der Waals surface area contributed by atoms with Crippen LogP contribution in [0.3, 0.4) is 0 Å². The Kier molecular flexibility index (Phi) is 6.62. The Labute approximate surface area is 175 Å². The Morgan fingerprint density at radius 1 is 1.27 bits per heavy atom. The fraction of sp³-hybridized carbons (Fsp3) is 0.636. The summed E-state index contributed by atoms with van der Waals surface area (Å²) in [4.78, 5) is 26.5. The molecule has 1 aromatic carbocycles. The first-order valence-corrected chi connectivity index (χ1v) is 10.6. The van der Waals surface area contributed by atoms with Crippen LogP contribution in [0.2, 0.25) is 0 Å². The molecule has 30 heavy (non-hydrogen) atoms. The molecule has 1 saturated carbocycles. The van der Waals surface area contributed by atoms with Gasteiger partial charge in [0, 0.05) is 31.5 Å². The smallest absolute Gasteiger partial charge is 0.406 e. The first-order chi connectivity index (χ1) is 14.2. The third-order valence-corrected chi connectivity index (χ3v) is 6.33. The number of nitrogens with zero attached hydrogens (tertiary/aromatic N) is 1. The van der Waals surface area contributed by atoms with E-state index in [2.05, 4.69) is 10.1 Å². The monoisotopic (exact) mass is 426 g/mol. The molecule has 2 amide bonds. The van der Waals surface area contributed by atoms with Gasteiger partial charge in [0.1, 0.15) is 5.75 Å². The highest BCUT2D eigenvalue weighted by Gasteiger charge is 2.58. The van der Waals surface area contributed by atoms with Crippen LogP contribution in [0.1, 0.15) is 51.5 Å². The van der Waals surface area contributed by atoms with Gasteiger partial charge in [0.05, 0.1) is 5.92 Å². The number of ether oxygens (including phenoxy) is 1. The van der Waals surface area contributed by atoms with Crippen LogP contribution in [0.15, 0.2) is 24.3 Å². The minimum absolute atomic E-state index is 0.0514. The lowest BCUT2D eigenvalue weighted by molar-refractivity contribution is -0.274. The number of benzene rings is 1. The minimum Gasteiger partial charge on any atom is -0.406 e. The molecule has 1 aliphatic heterocycles. The number of piperidine rings is 1. The van der Waals surface area contributed by atoms with E-state index in [4.69, 9.17) is 0 Å². The summed E-state index contributed by atoms with van der Waals surface area (Å²) in [5, 5.41) is 2.84. The number of likely N-dealkylation sites (tertiary alicyclic amines) is 1. The van der Waals surface area contributed by atoms with Gasteiger partial charge < -0.3 is 15.0 Å². The predicted octanol–water partition coefficient (Wildman–Crippen LogP) is 4.02. The summed E-state index contributed by atoms with van der Waals surface area (Å²) >= 11 is 0. The quantitative estimate of drug-likeness (QED) is 0.683. The fourth-order valence-corrected chi connectivity index (χ4v) is 4.59. The van der Waals surface area contributed by atoms with Crippen LogP contribution in [0.25, 0.3) is 0 Å². The summed E-state index contributed by atoms with van der Waals surface area (Å²) in [6.07, 6.45) is -0.973. The Hall–Kier alpha value is -2.25. The Balaban J connectivity index is 1.59. The zero-order valence-electron chi connectivity index (χ0n) is 17.4. The highest BCUT2D eigenvalue weighted by molar-refractivity contribution is 5.81. The SMILES string of the molecule is CCC[C@H](CNC(=O)CC)C(=O)N1CC[C@@]2(c3ccc(OC(F)(F)F)cc3)C[C@H]2C1. The summed E-state index contributed by atoms with van der Waals surface area (Å²) in [7, 11) is 0. The van der Waals surface area contributed by atoms with Crippen molar-refractivity contribution in [2.75, 3.05) is 19.6 Å². The number of hydrogen-bond acceptors (Lipinski definition) is 3. The van der Waals surface area contributed by atoms with Crippen LogP contribution in [-0.4, -0.2) is 42.7 Å². The molecule has 1 saturated heterocycles. The third-order valence-electron chi connectivity index (χ3n) is 6.33. The number of nitrogens with one attached hydrogen (secondary N) is 1. The molecule has 0 bridgehead atoms. The van der Waals surface area contributed by atoms with Crippen LogP contribution in [0, 0.1) is 11.8 Å². The number of hydrogen-bond donors (Lipinski definition) is 1. The largest absolute Gasteiger partial charge is 0.573 e. The zero-order valence-corrected chi connectivity index (χ0v) is 17.4. The molecule has 3 atom stereocenters. The molecule has 8 heteroatoms. The molecule has 2 aliphatic rings. The van der Waals surface area contributed by atoms with Crippen molar-refractivity contribution in [3.63, 3.8) is 0 Å². The molecule has 1 heterocycles. The molecular weight excluding hydrogens is 397 g/mol. The first kappa shape index (κ1) is 22.4. The molecule has 1 N–H and O–H groups in total. The first-order valence-electron chi connectivity index (χ1n) is 10.6. The second-order valence-electron chi connectivity index (χ2n) is 8.31. The maximum absolute atomic E-state index is 13.0. The molecule has 0 unspecified atom stereocenters. The van der Waals surface area contributed by atoms with E-state index in [1.54, 1.807) is 19.1 Å². The van der Waals surface area contributed by atoms with E-state index in [9.17, 15) is 22.8 Å². The number of carbonyl (C=O) groups excluding carboxylic acids is 2. The minimum atomic E-state index is -4.70. The normalized spacial score (nSPS) is 24.0. The second-order valence-corrected chi connectivity index (χ2v) is 8.31. The van der Waals surface area contributed by atoms with Crippen molar-refractivity contribution in [2.45, 2.75) is 57.7 Å². The van der Waals surface area contributed by atoms with Gasteiger partial charge >= 0.3 is 6.36 Å². The topological polar surface area (TPSA) is 58.6 Å². The van der Waals surface area contributed by atoms with Gasteiger partial charge in [-0.15, -0.1) is 13.2 Å². The van der Waals surface area contributed by atoms with Gasteiger partial charge in [-0.1, -0.05) is 32.4 Å². The summed E-state index contributed by atoms with van der Waals surface area (Å²) in [5.74, 6) is -0.0824. The number of fused-ring (bicyclic) bond motifs is 1. The van der Waals surface area contributed by atoms with Crippen molar-refractivity contribution in [2.24, 2.45) is 11.8 Å². The van der Waals surface area contributed by atoms with Crippen molar-refractivity contribution in [1.82, 2.24) is 10.2 Å². The number of amides is 2. The summed E-state index contributed by atoms with van der Waals surface area (Å²) in [6, 6.07) is 6.13. The summed E-state index contributed by atoms with van der Waals surface area (Å²) in [6.45, 7) is 5.45. The number of alkyl halides is 3. The van der Waals surface area contributed by atoms with Crippen LogP contribution < -0.4 is 10.1 Å². The fourth-order valence-electron chi connectivity index (χ4n) is 4.59. The number of carbonyl (C=O) groups is 2. The Bertz CT molecular complexity index is 766. The Morgan fingerprint density at radius 2 is 1.97 bits per heavy atom. The van der Waals surface area contributed by atoms with Crippen molar-refractivity contribution >= 4 is 11.8 Å². The second kappa shape index (κ2) is 8.86. The molecule has 0 radical (unpaired) electrons. The van der Waals surface area contributed by atoms with Crippen LogP contribution in [0.4, 0.5) is 13.2 Å². The van der Waals surface area contributed by atoms with E-state index in [-0.39, 0.29) is 28.9 Å². The van der Waals surface area contributed by atoms with Gasteiger partial charge in [0.25, 0.3) is 0 Å². The van der Waals surface area contributed by atoms with Crippen LogP contribution in [0.5, 0.6) is 5.75 Å². The zero-order chi connectivity index (χ0) is 21.9. The van der Waals surface area contributed by atoms with E-state index >= 15 is 0 Å². The lowest BCUT2D eigenvalue weighted by Gasteiger charge is -2.34. The molecule has 3 rings (SSSR count). The number of rotatable bonds is 8. The maximum atomic E-state index is 13.0. The standard InChI is InChI=1S/C22H29F3N2O3/c1-3-5-15(13-26-19(28)4-2)20(29)27-11-10-21(12-17(21)14-27)16-6-8-18(9-7-16)30-22(23,24)25/h6-9,15,17H,3-5,10-14H2,1-2H3,(H,26,28)/t15-,17+,21+/m1/s1. The van der Waals surface area contributed by atoms with Gasteiger partial charge in [0.15, 0.2) is 0 Å². The molecule has 166 valence electrons. The van der Waals surface area contributed by atoms with E-state index in [0.717, 1.165) is 31.2 Å². The van der Waals surface area contributed by atoms with E-state index in [1.165, 1.54) is 12.1 Å². The molecule has 1 aromatic rings. The van der Waals surface area contributed by atoms with Crippen molar-refractivity contribution in [3.8, 4) is 5.75 Å². The summed E-state index contributed by atoms with van der Waals surface area (Å²) < 4.78 is 41.0. The lowest BCUT2D eigenvalue weighted by atomic mass is 9.86. The van der Waals surface area contributed by atoms with Crippen LogP contribution in [-0.2, 0) is 15.0 Å². The predicted molar refractivity (Wildman–Crippen MR) is 106 cm³/mol. The number of halogens is 3. The van der Waals surface area contributed by atoms with Crippen molar-refractivity contribution in [1.29, 1.82) is 0 Å². The van der Waals surface area contributed by atoms with E-state index < -0.39 is 6.36 Å². The highest BCUT2D eigenvalue weighted by Crippen LogP contribution is 2.59. The average Bonchev–Trinajstić information content (AvgIpc) is 3.44. The van der Waals surface area contributed by atoms with Gasteiger partial charge in [-0.25, -0.2) is 0 Å². The third kappa shape index (κ3) is 5.08. The maximum Gasteiger partial charge on any atom is 0.573 e. The summed E-state index contributed by atoms with van der Waals surface area (Å²) in [5.41, 5.74) is 0.957. The van der Waals surface area contributed by atoms with Crippen LogP contribution >= 0.6 is 0 Å². The van der Waals surface area contributed by atoms with Gasteiger partial charge in [0.2, 0.25) is 11.8 Å². The lowest BCUT2D eigenvalue weighted by Crippen LogP contribution is -2.46. The van der Waals surface area contributed by atoms with Gasteiger partial charge in [-0.05, 0) is 42.9 Å². The average molecular weight is 426 g/mol. The van der Waals surface area contributed by atoms with Crippen molar-refractivity contribution < 1.29 is 27.5 Å².